The fourth-order valence-electron chi connectivity index (χ4n) is 3.11. The van der Waals surface area contributed by atoms with E-state index in [4.69, 9.17) is 0 Å². The molecule has 0 saturated heterocycles. The summed E-state index contributed by atoms with van der Waals surface area (Å²) in [4.78, 5) is 19.8. The first kappa shape index (κ1) is 25.9. The summed E-state index contributed by atoms with van der Waals surface area (Å²) in [6.45, 7) is 3.52. The average molecular weight is 547 g/mol. The van der Waals surface area contributed by atoms with Gasteiger partial charge < -0.3 is 16.0 Å². The van der Waals surface area contributed by atoms with E-state index in [0.717, 1.165) is 29.6 Å². The number of hydrogen-bond donors (Lipinski definition) is 3. The van der Waals surface area contributed by atoms with Crippen LogP contribution in [-0.2, 0) is 17.5 Å². The van der Waals surface area contributed by atoms with Gasteiger partial charge in [0.15, 0.2) is 11.7 Å². The topological polar surface area (TPSA) is 78.4 Å². The fraction of sp³-hybridized carbons (Fsp3) is 0.722. The first-order valence-corrected chi connectivity index (χ1v) is 10.6. The van der Waals surface area contributed by atoms with E-state index in [-0.39, 0.29) is 36.4 Å². The smallest absolute Gasteiger partial charge is 0.357 e. The highest BCUT2D eigenvalue weighted by molar-refractivity contribution is 14.0. The summed E-state index contributed by atoms with van der Waals surface area (Å²) < 4.78 is 37.8. The second kappa shape index (κ2) is 13.2. The predicted molar refractivity (Wildman–Crippen MR) is 120 cm³/mol. The molecule has 6 nitrogen and oxygen atoms in total. The molecule has 1 fully saturated rings. The lowest BCUT2D eigenvalue weighted by Crippen LogP contribution is -2.41. The maximum atomic E-state index is 12.6. The van der Waals surface area contributed by atoms with Crippen LogP contribution >= 0.6 is 35.3 Å². The number of carbonyl (C=O) groups is 1. The molecule has 1 aliphatic carbocycles. The molecule has 0 unspecified atom stereocenters. The second-order valence-electron chi connectivity index (χ2n) is 6.80. The first-order valence-electron chi connectivity index (χ1n) is 9.69. The number of alkyl halides is 3. The normalized spacial score (nSPS) is 15.5. The van der Waals surface area contributed by atoms with Crippen LogP contribution in [0.4, 0.5) is 13.2 Å². The Morgan fingerprint density at radius 2 is 1.90 bits per heavy atom. The highest BCUT2D eigenvalue weighted by atomic mass is 127. The molecule has 166 valence electrons. The SMILES string of the molecule is CCNC(=NCc1nc(C(F)(F)F)cs1)NCCNC(=O)CC1CCCCC1.I. The van der Waals surface area contributed by atoms with E-state index < -0.39 is 11.9 Å². The van der Waals surface area contributed by atoms with Crippen molar-refractivity contribution in [3.05, 3.63) is 16.1 Å². The average Bonchev–Trinajstić information content (AvgIpc) is 3.13. The Balaban J connectivity index is 0.00000420. The minimum atomic E-state index is -4.43. The zero-order chi connectivity index (χ0) is 20.4. The van der Waals surface area contributed by atoms with Crippen LogP contribution in [0.15, 0.2) is 10.4 Å². The van der Waals surface area contributed by atoms with Gasteiger partial charge in [0.2, 0.25) is 5.91 Å². The van der Waals surface area contributed by atoms with Crippen molar-refractivity contribution < 1.29 is 18.0 Å². The first-order chi connectivity index (χ1) is 13.4. The quantitative estimate of drug-likeness (QED) is 0.200. The van der Waals surface area contributed by atoms with Gasteiger partial charge in [0.05, 0.1) is 6.54 Å². The zero-order valence-corrected chi connectivity index (χ0v) is 19.6. The molecular weight excluding hydrogens is 518 g/mol. The molecule has 0 aliphatic heterocycles. The summed E-state index contributed by atoms with van der Waals surface area (Å²) >= 11 is 0.934. The maximum absolute atomic E-state index is 12.6. The van der Waals surface area contributed by atoms with Crippen molar-refractivity contribution in [1.29, 1.82) is 0 Å². The number of carbonyl (C=O) groups excluding carboxylic acids is 1. The van der Waals surface area contributed by atoms with Gasteiger partial charge in [0, 0.05) is 31.4 Å². The number of guanidine groups is 1. The second-order valence-corrected chi connectivity index (χ2v) is 7.75. The minimum Gasteiger partial charge on any atom is -0.357 e. The van der Waals surface area contributed by atoms with Gasteiger partial charge in [0.1, 0.15) is 5.01 Å². The molecule has 0 bridgehead atoms. The zero-order valence-electron chi connectivity index (χ0n) is 16.5. The molecule has 11 heteroatoms. The van der Waals surface area contributed by atoms with E-state index in [9.17, 15) is 18.0 Å². The summed E-state index contributed by atoms with van der Waals surface area (Å²) in [5.41, 5.74) is -0.888. The van der Waals surface area contributed by atoms with E-state index in [1.807, 2.05) is 6.92 Å². The van der Waals surface area contributed by atoms with E-state index in [1.165, 1.54) is 19.3 Å². The summed E-state index contributed by atoms with van der Waals surface area (Å²) in [5.74, 6) is 1.05. The molecule has 1 aromatic heterocycles. The Bertz CT molecular complexity index is 648. The molecule has 1 aromatic rings. The highest BCUT2D eigenvalue weighted by Gasteiger charge is 2.33. The summed E-state index contributed by atoms with van der Waals surface area (Å²) in [6, 6.07) is 0. The van der Waals surface area contributed by atoms with Gasteiger partial charge in [-0.1, -0.05) is 19.3 Å². The molecule has 29 heavy (non-hydrogen) atoms. The number of aromatic nitrogens is 1. The van der Waals surface area contributed by atoms with Crippen molar-refractivity contribution >= 4 is 47.2 Å². The van der Waals surface area contributed by atoms with Crippen molar-refractivity contribution in [1.82, 2.24) is 20.9 Å². The van der Waals surface area contributed by atoms with Gasteiger partial charge in [-0.3, -0.25) is 4.79 Å². The van der Waals surface area contributed by atoms with E-state index in [0.29, 0.717) is 42.9 Å². The fourth-order valence-corrected chi connectivity index (χ4v) is 3.83. The van der Waals surface area contributed by atoms with Crippen LogP contribution in [0.5, 0.6) is 0 Å². The Labute approximate surface area is 190 Å². The van der Waals surface area contributed by atoms with Crippen LogP contribution in [0.3, 0.4) is 0 Å². The number of halogens is 4. The number of nitrogens with one attached hydrogen (secondary N) is 3. The Morgan fingerprint density at radius 1 is 1.21 bits per heavy atom. The monoisotopic (exact) mass is 547 g/mol. The lowest BCUT2D eigenvalue weighted by Gasteiger charge is -2.20. The highest BCUT2D eigenvalue weighted by Crippen LogP contribution is 2.30. The van der Waals surface area contributed by atoms with Crippen LogP contribution in [0.1, 0.15) is 56.2 Å². The third kappa shape index (κ3) is 9.96. The number of rotatable bonds is 8. The third-order valence-corrected chi connectivity index (χ3v) is 5.33. The van der Waals surface area contributed by atoms with E-state index >= 15 is 0 Å². The van der Waals surface area contributed by atoms with Crippen LogP contribution < -0.4 is 16.0 Å². The molecule has 1 amide bonds. The van der Waals surface area contributed by atoms with E-state index in [2.05, 4.69) is 25.9 Å². The lowest BCUT2D eigenvalue weighted by molar-refractivity contribution is -0.140. The molecule has 1 saturated carbocycles. The predicted octanol–water partition coefficient (Wildman–Crippen LogP) is 3.92. The van der Waals surface area contributed by atoms with E-state index in [1.54, 1.807) is 0 Å². The number of aliphatic imine (C=N–C) groups is 1. The van der Waals surface area contributed by atoms with Crippen molar-refractivity contribution in [3.63, 3.8) is 0 Å². The van der Waals surface area contributed by atoms with Crippen molar-refractivity contribution in [2.24, 2.45) is 10.9 Å². The summed E-state index contributed by atoms with van der Waals surface area (Å²) in [7, 11) is 0. The van der Waals surface area contributed by atoms with Crippen molar-refractivity contribution in [2.45, 2.75) is 58.2 Å². The Morgan fingerprint density at radius 3 is 2.52 bits per heavy atom. The minimum absolute atomic E-state index is 0. The Hall–Kier alpha value is -1.11. The maximum Gasteiger partial charge on any atom is 0.434 e. The van der Waals surface area contributed by atoms with Gasteiger partial charge in [-0.05, 0) is 25.7 Å². The van der Waals surface area contributed by atoms with Gasteiger partial charge in [0.25, 0.3) is 0 Å². The number of hydrogen-bond acceptors (Lipinski definition) is 4. The molecule has 0 spiro atoms. The van der Waals surface area contributed by atoms with Crippen LogP contribution in [-0.4, -0.2) is 36.5 Å². The molecule has 3 N–H and O–H groups in total. The summed E-state index contributed by atoms with van der Waals surface area (Å²) in [6.07, 6.45) is 2.12. The van der Waals surface area contributed by atoms with Gasteiger partial charge in [-0.25, -0.2) is 9.98 Å². The number of thiazole rings is 1. The molecular formula is C18H29F3IN5OS. The van der Waals surface area contributed by atoms with Crippen LogP contribution in [0.2, 0.25) is 0 Å². The molecule has 2 rings (SSSR count). The molecule has 0 aromatic carbocycles. The molecule has 1 heterocycles. The molecule has 1 aliphatic rings. The summed E-state index contributed by atoms with van der Waals surface area (Å²) in [5, 5.41) is 10.3. The number of amides is 1. The molecule has 0 radical (unpaired) electrons. The van der Waals surface area contributed by atoms with Gasteiger partial charge in [-0.15, -0.1) is 35.3 Å². The van der Waals surface area contributed by atoms with Gasteiger partial charge in [-0.2, -0.15) is 13.2 Å². The van der Waals surface area contributed by atoms with Crippen LogP contribution in [0.25, 0.3) is 0 Å². The van der Waals surface area contributed by atoms with Crippen molar-refractivity contribution in [3.8, 4) is 0 Å². The largest absolute Gasteiger partial charge is 0.434 e. The standard InChI is InChI=1S/C18H28F3N5OS.HI/c1-2-22-17(25-11-16-26-14(12-28-16)18(19,20)21)24-9-8-23-15(27)10-13-6-4-3-5-7-13;/h12-13H,2-11H2,1H3,(H,23,27)(H2,22,24,25);1H. The van der Waals surface area contributed by atoms with Crippen LogP contribution in [0, 0.1) is 5.92 Å². The molecule has 0 atom stereocenters. The lowest BCUT2D eigenvalue weighted by atomic mass is 9.87. The Kier molecular flexibility index (Phi) is 11.8. The number of nitrogens with zero attached hydrogens (tertiary/aromatic N) is 2. The van der Waals surface area contributed by atoms with Gasteiger partial charge >= 0.3 is 6.18 Å². The van der Waals surface area contributed by atoms with Crippen molar-refractivity contribution in [2.75, 3.05) is 19.6 Å². The third-order valence-electron chi connectivity index (χ3n) is 4.50.